The topological polar surface area (TPSA) is 55.3 Å². The number of nitrogens with zero attached hydrogens (tertiary/aromatic N) is 3. The van der Waals surface area contributed by atoms with Crippen LogP contribution in [0.1, 0.15) is 16.7 Å². The molecule has 1 amide bonds. The van der Waals surface area contributed by atoms with Gasteiger partial charge in [-0.25, -0.2) is 4.98 Å². The Kier molecular flexibility index (Phi) is 5.97. The van der Waals surface area contributed by atoms with Crippen molar-refractivity contribution in [2.45, 2.75) is 19.9 Å². The number of hydrogen-bond donors (Lipinski definition) is 0. The molecule has 4 aromatic rings. The highest BCUT2D eigenvalue weighted by Crippen LogP contribution is 2.39. The van der Waals surface area contributed by atoms with Crippen molar-refractivity contribution in [2.75, 3.05) is 12.0 Å². The third-order valence-electron chi connectivity index (χ3n) is 4.70. The van der Waals surface area contributed by atoms with Crippen molar-refractivity contribution in [3.63, 3.8) is 0 Å². The number of carbonyl (C=O) groups is 1. The van der Waals surface area contributed by atoms with Crippen molar-refractivity contribution in [3.8, 4) is 5.75 Å². The van der Waals surface area contributed by atoms with Crippen LogP contribution >= 0.6 is 22.9 Å². The Morgan fingerprint density at radius 3 is 2.73 bits per heavy atom. The summed E-state index contributed by atoms with van der Waals surface area (Å²) in [4.78, 5) is 23.9. The molecule has 0 aliphatic carbocycles. The SMILES string of the molecule is COc1ccc(Cl)c2sc(N(Cc3cccnc3)C(=O)Cc3cccc(C)c3)nc12. The molecule has 0 unspecified atom stereocenters. The number of rotatable bonds is 6. The van der Waals surface area contributed by atoms with E-state index in [1.54, 1.807) is 36.5 Å². The van der Waals surface area contributed by atoms with Crippen LogP contribution in [-0.2, 0) is 17.8 Å². The summed E-state index contributed by atoms with van der Waals surface area (Å²) in [6.07, 6.45) is 3.75. The largest absolute Gasteiger partial charge is 0.494 e. The zero-order valence-corrected chi connectivity index (χ0v) is 18.2. The highest BCUT2D eigenvalue weighted by molar-refractivity contribution is 7.23. The molecule has 0 N–H and O–H groups in total. The molecular formula is C23H20ClN3O2S. The maximum Gasteiger partial charge on any atom is 0.233 e. The second-order valence-corrected chi connectivity index (χ2v) is 8.32. The summed E-state index contributed by atoms with van der Waals surface area (Å²) in [6.45, 7) is 2.39. The van der Waals surface area contributed by atoms with E-state index in [2.05, 4.69) is 4.98 Å². The van der Waals surface area contributed by atoms with Crippen LogP contribution in [0.15, 0.2) is 60.9 Å². The van der Waals surface area contributed by atoms with E-state index in [1.807, 2.05) is 43.3 Å². The van der Waals surface area contributed by atoms with Gasteiger partial charge in [-0.3, -0.25) is 14.7 Å². The maximum absolute atomic E-state index is 13.4. The molecule has 0 radical (unpaired) electrons. The van der Waals surface area contributed by atoms with Crippen molar-refractivity contribution in [2.24, 2.45) is 0 Å². The normalized spacial score (nSPS) is 10.9. The summed E-state index contributed by atoms with van der Waals surface area (Å²) in [6, 6.07) is 15.3. The molecule has 0 saturated heterocycles. The summed E-state index contributed by atoms with van der Waals surface area (Å²) < 4.78 is 6.23. The Bertz CT molecular complexity index is 1190. The van der Waals surface area contributed by atoms with Gasteiger partial charge < -0.3 is 4.74 Å². The molecule has 30 heavy (non-hydrogen) atoms. The standard InChI is InChI=1S/C23H20ClN3O2S/c1-15-5-3-6-16(11-15)12-20(28)27(14-17-7-4-10-25-13-17)23-26-21-19(29-2)9-8-18(24)22(21)30-23/h3-11,13H,12,14H2,1-2H3. The van der Waals surface area contributed by atoms with Crippen molar-refractivity contribution >= 4 is 44.2 Å². The minimum absolute atomic E-state index is 0.0430. The van der Waals surface area contributed by atoms with Crippen LogP contribution in [0.3, 0.4) is 0 Å². The fourth-order valence-electron chi connectivity index (χ4n) is 3.25. The highest BCUT2D eigenvalue weighted by atomic mass is 35.5. The van der Waals surface area contributed by atoms with Crippen LogP contribution in [0.25, 0.3) is 10.2 Å². The van der Waals surface area contributed by atoms with Gasteiger partial charge in [0.25, 0.3) is 0 Å². The Labute approximate surface area is 183 Å². The molecule has 7 heteroatoms. The lowest BCUT2D eigenvalue weighted by atomic mass is 10.1. The van der Waals surface area contributed by atoms with E-state index in [-0.39, 0.29) is 12.3 Å². The van der Waals surface area contributed by atoms with E-state index in [9.17, 15) is 4.79 Å². The number of pyridine rings is 1. The summed E-state index contributed by atoms with van der Waals surface area (Å²) in [5.74, 6) is 0.586. The summed E-state index contributed by atoms with van der Waals surface area (Å²) in [7, 11) is 1.60. The fourth-order valence-corrected chi connectivity index (χ4v) is 4.52. The lowest BCUT2D eigenvalue weighted by Crippen LogP contribution is -2.31. The number of benzene rings is 2. The highest BCUT2D eigenvalue weighted by Gasteiger charge is 2.22. The van der Waals surface area contributed by atoms with Crippen LogP contribution < -0.4 is 9.64 Å². The molecule has 0 bridgehead atoms. The number of hydrogen-bond acceptors (Lipinski definition) is 5. The van der Waals surface area contributed by atoms with Crippen molar-refractivity contribution in [1.29, 1.82) is 0 Å². The minimum Gasteiger partial charge on any atom is -0.494 e. The Morgan fingerprint density at radius 1 is 1.17 bits per heavy atom. The van der Waals surface area contributed by atoms with Gasteiger partial charge in [-0.2, -0.15) is 0 Å². The number of methoxy groups -OCH3 is 1. The first-order chi connectivity index (χ1) is 14.5. The number of aryl methyl sites for hydroxylation is 1. The molecule has 0 aliphatic heterocycles. The first-order valence-electron chi connectivity index (χ1n) is 9.43. The number of carbonyl (C=O) groups excluding carboxylic acids is 1. The third-order valence-corrected chi connectivity index (χ3v) is 6.24. The first kappa shape index (κ1) is 20.3. The maximum atomic E-state index is 13.4. The molecule has 2 heterocycles. The second-order valence-electron chi connectivity index (χ2n) is 6.93. The molecule has 0 atom stereocenters. The van der Waals surface area contributed by atoms with Gasteiger partial charge in [0, 0.05) is 12.4 Å². The molecule has 2 aromatic carbocycles. The predicted octanol–water partition coefficient (Wildman–Crippen LogP) is 5.44. The first-order valence-corrected chi connectivity index (χ1v) is 10.6. The Hall–Kier alpha value is -2.96. The molecular weight excluding hydrogens is 418 g/mol. The van der Waals surface area contributed by atoms with Crippen LogP contribution in [0.5, 0.6) is 5.75 Å². The van der Waals surface area contributed by atoms with Crippen LogP contribution in [0, 0.1) is 6.92 Å². The van der Waals surface area contributed by atoms with Crippen molar-refractivity contribution < 1.29 is 9.53 Å². The van der Waals surface area contributed by atoms with Crippen LogP contribution in [0.2, 0.25) is 5.02 Å². The fraction of sp³-hybridized carbons (Fsp3) is 0.174. The van der Waals surface area contributed by atoms with E-state index >= 15 is 0 Å². The van der Waals surface area contributed by atoms with Gasteiger partial charge in [0.1, 0.15) is 11.3 Å². The summed E-state index contributed by atoms with van der Waals surface area (Å²) >= 11 is 7.78. The van der Waals surface area contributed by atoms with Gasteiger partial charge >= 0.3 is 0 Å². The number of anilines is 1. The van der Waals surface area contributed by atoms with E-state index in [1.165, 1.54) is 11.3 Å². The molecule has 0 fully saturated rings. The van der Waals surface area contributed by atoms with Gasteiger partial charge in [-0.1, -0.05) is 58.8 Å². The molecule has 0 aliphatic rings. The number of ether oxygens (including phenoxy) is 1. The Balaban J connectivity index is 1.74. The second kappa shape index (κ2) is 8.81. The molecule has 2 aromatic heterocycles. The number of thiazole rings is 1. The van der Waals surface area contributed by atoms with E-state index in [0.717, 1.165) is 21.4 Å². The smallest absolute Gasteiger partial charge is 0.233 e. The van der Waals surface area contributed by atoms with E-state index < -0.39 is 0 Å². The monoisotopic (exact) mass is 437 g/mol. The van der Waals surface area contributed by atoms with Gasteiger partial charge in [0.05, 0.1) is 29.8 Å². The Morgan fingerprint density at radius 2 is 2.00 bits per heavy atom. The summed E-state index contributed by atoms with van der Waals surface area (Å²) in [5, 5.41) is 1.17. The predicted molar refractivity (Wildman–Crippen MR) is 121 cm³/mol. The van der Waals surface area contributed by atoms with Crippen molar-refractivity contribution in [1.82, 2.24) is 9.97 Å². The summed E-state index contributed by atoms with van der Waals surface area (Å²) in [5.41, 5.74) is 3.67. The lowest BCUT2D eigenvalue weighted by Gasteiger charge is -2.20. The lowest BCUT2D eigenvalue weighted by molar-refractivity contribution is -0.118. The number of aromatic nitrogens is 2. The number of fused-ring (bicyclic) bond motifs is 1. The number of amides is 1. The molecule has 4 rings (SSSR count). The van der Waals surface area contributed by atoms with E-state index in [0.29, 0.717) is 28.0 Å². The van der Waals surface area contributed by atoms with Gasteiger partial charge in [0.2, 0.25) is 5.91 Å². The zero-order chi connectivity index (χ0) is 21.1. The van der Waals surface area contributed by atoms with Crippen molar-refractivity contribution in [3.05, 3.63) is 82.6 Å². The molecule has 5 nitrogen and oxygen atoms in total. The average molecular weight is 438 g/mol. The number of halogens is 1. The zero-order valence-electron chi connectivity index (χ0n) is 16.6. The molecule has 0 saturated carbocycles. The van der Waals surface area contributed by atoms with Gasteiger partial charge in [-0.05, 0) is 36.2 Å². The minimum atomic E-state index is -0.0430. The third kappa shape index (κ3) is 4.30. The van der Waals surface area contributed by atoms with Crippen LogP contribution in [-0.4, -0.2) is 23.0 Å². The quantitative estimate of drug-likeness (QED) is 0.403. The van der Waals surface area contributed by atoms with Crippen LogP contribution in [0.4, 0.5) is 5.13 Å². The average Bonchev–Trinajstić information content (AvgIpc) is 3.19. The molecule has 0 spiro atoms. The van der Waals surface area contributed by atoms with Gasteiger partial charge in [0.15, 0.2) is 5.13 Å². The molecule has 152 valence electrons. The van der Waals surface area contributed by atoms with Gasteiger partial charge in [-0.15, -0.1) is 0 Å². The van der Waals surface area contributed by atoms with E-state index in [4.69, 9.17) is 21.3 Å².